The van der Waals surface area contributed by atoms with Gasteiger partial charge in [0.05, 0.1) is 23.4 Å². The third kappa shape index (κ3) is 2.23. The number of likely N-dealkylation sites (tertiary alicyclic amines) is 1. The first kappa shape index (κ1) is 14.3. The number of amides is 1. The Kier molecular flexibility index (Phi) is 3.13. The molecule has 25 heavy (non-hydrogen) atoms. The third-order valence-electron chi connectivity index (χ3n) is 5.15. The van der Waals surface area contributed by atoms with Crippen LogP contribution in [-0.4, -0.2) is 38.4 Å². The molecule has 5 rings (SSSR count). The molecule has 1 atom stereocenters. The van der Waals surface area contributed by atoms with Crippen LogP contribution in [0.4, 0.5) is 0 Å². The molecule has 0 bridgehead atoms. The van der Waals surface area contributed by atoms with Crippen molar-refractivity contribution in [1.82, 2.24) is 19.4 Å². The van der Waals surface area contributed by atoms with E-state index >= 15 is 0 Å². The smallest absolute Gasteiger partial charge is 0.254 e. The lowest BCUT2D eigenvalue weighted by molar-refractivity contribution is 0.0790. The van der Waals surface area contributed by atoms with Crippen molar-refractivity contribution in [3.05, 3.63) is 66.6 Å². The zero-order chi connectivity index (χ0) is 16.8. The summed E-state index contributed by atoms with van der Waals surface area (Å²) in [6.45, 7) is 1.50. The van der Waals surface area contributed by atoms with Crippen LogP contribution >= 0.6 is 0 Å². The van der Waals surface area contributed by atoms with Crippen LogP contribution in [0.1, 0.15) is 22.8 Å². The maximum absolute atomic E-state index is 13.0. The van der Waals surface area contributed by atoms with Gasteiger partial charge in [0.1, 0.15) is 0 Å². The second kappa shape index (κ2) is 5.48. The Morgan fingerprint density at radius 3 is 3.00 bits per heavy atom. The molecular formula is C20H18N4O. The average Bonchev–Trinajstić information content (AvgIpc) is 3.38. The Morgan fingerprint density at radius 2 is 2.04 bits per heavy atom. The molecule has 0 saturated carbocycles. The first-order valence-corrected chi connectivity index (χ1v) is 8.58. The maximum Gasteiger partial charge on any atom is 0.254 e. The van der Waals surface area contributed by atoms with Gasteiger partial charge in [-0.05, 0) is 36.8 Å². The van der Waals surface area contributed by atoms with Crippen molar-refractivity contribution in [3.63, 3.8) is 0 Å². The highest BCUT2D eigenvalue weighted by atomic mass is 16.2. The quantitative estimate of drug-likeness (QED) is 0.610. The summed E-state index contributed by atoms with van der Waals surface area (Å²) in [4.78, 5) is 22.6. The number of H-pyrrole nitrogens is 1. The van der Waals surface area contributed by atoms with E-state index in [2.05, 4.69) is 20.6 Å². The highest BCUT2D eigenvalue weighted by Crippen LogP contribution is 2.28. The number of aromatic nitrogens is 3. The van der Waals surface area contributed by atoms with E-state index in [1.165, 1.54) is 0 Å². The largest absolute Gasteiger partial charge is 0.361 e. The van der Waals surface area contributed by atoms with Crippen LogP contribution in [0.25, 0.3) is 21.9 Å². The van der Waals surface area contributed by atoms with Crippen LogP contribution in [0.3, 0.4) is 0 Å². The standard InChI is InChI=1S/C20H18N4O/c25-20(16-4-3-6-17-15(16)8-10-21-17)23-11-9-14(12-23)24-13-22-18-5-1-2-7-19(18)24/h1-8,10,13-14,21H,9,11-12H2/t14-/m1/s1. The number of benzene rings is 2. The number of aromatic amines is 1. The Hall–Kier alpha value is -3.08. The van der Waals surface area contributed by atoms with Crippen molar-refractivity contribution in [2.24, 2.45) is 0 Å². The third-order valence-corrected chi connectivity index (χ3v) is 5.15. The molecule has 0 unspecified atom stereocenters. The molecule has 1 aliphatic rings. The second-order valence-electron chi connectivity index (χ2n) is 6.58. The number of hydrogen-bond donors (Lipinski definition) is 1. The summed E-state index contributed by atoms with van der Waals surface area (Å²) in [5.41, 5.74) is 3.91. The lowest BCUT2D eigenvalue weighted by atomic mass is 10.1. The number of fused-ring (bicyclic) bond motifs is 2. The molecule has 1 saturated heterocycles. The second-order valence-corrected chi connectivity index (χ2v) is 6.58. The van der Waals surface area contributed by atoms with E-state index in [4.69, 9.17) is 0 Å². The van der Waals surface area contributed by atoms with Gasteiger partial charge in [-0.1, -0.05) is 18.2 Å². The van der Waals surface area contributed by atoms with Gasteiger partial charge in [-0.25, -0.2) is 4.98 Å². The summed E-state index contributed by atoms with van der Waals surface area (Å²) in [6.07, 6.45) is 4.73. The molecule has 1 amide bonds. The zero-order valence-electron chi connectivity index (χ0n) is 13.7. The molecule has 0 spiro atoms. The molecule has 5 nitrogen and oxygen atoms in total. The van der Waals surface area contributed by atoms with Gasteiger partial charge >= 0.3 is 0 Å². The first-order chi connectivity index (χ1) is 12.3. The summed E-state index contributed by atoms with van der Waals surface area (Å²) in [5.74, 6) is 0.108. The Labute approximate surface area is 144 Å². The van der Waals surface area contributed by atoms with Crippen LogP contribution in [0.2, 0.25) is 0 Å². The van der Waals surface area contributed by atoms with E-state index < -0.39 is 0 Å². The fourth-order valence-electron chi connectivity index (χ4n) is 3.86. The molecule has 124 valence electrons. The molecular weight excluding hydrogens is 312 g/mol. The number of para-hydroxylation sites is 2. The SMILES string of the molecule is O=C(c1cccc2[nH]ccc12)N1CC[C@@H](n2cnc3ccccc32)C1. The highest BCUT2D eigenvalue weighted by molar-refractivity contribution is 6.06. The van der Waals surface area contributed by atoms with Gasteiger partial charge in [0, 0.05) is 35.8 Å². The molecule has 0 radical (unpaired) electrons. The number of nitrogens with one attached hydrogen (secondary N) is 1. The maximum atomic E-state index is 13.0. The van der Waals surface area contributed by atoms with Crippen molar-refractivity contribution < 1.29 is 4.79 Å². The average molecular weight is 330 g/mol. The van der Waals surface area contributed by atoms with Gasteiger partial charge in [-0.15, -0.1) is 0 Å². The van der Waals surface area contributed by atoms with Crippen molar-refractivity contribution in [2.45, 2.75) is 12.5 Å². The molecule has 4 aromatic rings. The minimum absolute atomic E-state index is 0.108. The van der Waals surface area contributed by atoms with E-state index in [0.29, 0.717) is 0 Å². The van der Waals surface area contributed by atoms with E-state index in [0.717, 1.165) is 47.0 Å². The minimum Gasteiger partial charge on any atom is -0.361 e. The van der Waals surface area contributed by atoms with Crippen molar-refractivity contribution in [1.29, 1.82) is 0 Å². The van der Waals surface area contributed by atoms with Crippen LogP contribution in [0.5, 0.6) is 0 Å². The lowest BCUT2D eigenvalue weighted by Crippen LogP contribution is -2.29. The summed E-state index contributed by atoms with van der Waals surface area (Å²) in [5, 5.41) is 0.990. The van der Waals surface area contributed by atoms with Crippen LogP contribution in [0, 0.1) is 0 Å². The summed E-state index contributed by atoms with van der Waals surface area (Å²) < 4.78 is 2.21. The Balaban J connectivity index is 1.44. The van der Waals surface area contributed by atoms with Gasteiger partial charge in [-0.3, -0.25) is 4.79 Å². The molecule has 3 heterocycles. The number of hydrogen-bond acceptors (Lipinski definition) is 2. The molecule has 1 N–H and O–H groups in total. The van der Waals surface area contributed by atoms with E-state index in [-0.39, 0.29) is 11.9 Å². The first-order valence-electron chi connectivity index (χ1n) is 8.58. The number of carbonyl (C=O) groups is 1. The van der Waals surface area contributed by atoms with E-state index in [1.54, 1.807) is 0 Å². The summed E-state index contributed by atoms with van der Waals surface area (Å²) >= 11 is 0. The molecule has 0 aliphatic carbocycles. The lowest BCUT2D eigenvalue weighted by Gasteiger charge is -2.18. The summed E-state index contributed by atoms with van der Waals surface area (Å²) in [7, 11) is 0. The molecule has 5 heteroatoms. The fourth-order valence-corrected chi connectivity index (χ4v) is 3.86. The highest BCUT2D eigenvalue weighted by Gasteiger charge is 2.29. The van der Waals surface area contributed by atoms with Gasteiger partial charge in [-0.2, -0.15) is 0 Å². The molecule has 1 fully saturated rings. The van der Waals surface area contributed by atoms with Crippen LogP contribution in [-0.2, 0) is 0 Å². The van der Waals surface area contributed by atoms with Gasteiger partial charge < -0.3 is 14.5 Å². The molecule has 2 aromatic heterocycles. The topological polar surface area (TPSA) is 53.9 Å². The normalized spacial score (nSPS) is 17.6. The van der Waals surface area contributed by atoms with Gasteiger partial charge in [0.25, 0.3) is 5.91 Å². The van der Waals surface area contributed by atoms with Gasteiger partial charge in [0.2, 0.25) is 0 Å². The number of carbonyl (C=O) groups excluding carboxylic acids is 1. The van der Waals surface area contributed by atoms with E-state index in [9.17, 15) is 4.79 Å². The van der Waals surface area contributed by atoms with Crippen LogP contribution < -0.4 is 0 Å². The molecule has 2 aromatic carbocycles. The molecule has 1 aliphatic heterocycles. The van der Waals surface area contributed by atoms with Crippen LogP contribution in [0.15, 0.2) is 61.1 Å². The summed E-state index contributed by atoms with van der Waals surface area (Å²) in [6, 6.07) is 16.2. The monoisotopic (exact) mass is 330 g/mol. The number of rotatable bonds is 2. The predicted molar refractivity (Wildman–Crippen MR) is 97.6 cm³/mol. The Bertz CT molecular complexity index is 1080. The van der Waals surface area contributed by atoms with Crippen molar-refractivity contribution >= 4 is 27.8 Å². The van der Waals surface area contributed by atoms with E-state index in [1.807, 2.05) is 59.9 Å². The van der Waals surface area contributed by atoms with Crippen molar-refractivity contribution in [3.8, 4) is 0 Å². The zero-order valence-corrected chi connectivity index (χ0v) is 13.7. The predicted octanol–water partition coefficient (Wildman–Crippen LogP) is 3.60. The number of nitrogens with zero attached hydrogens (tertiary/aromatic N) is 3. The number of imidazole rings is 1. The van der Waals surface area contributed by atoms with Crippen molar-refractivity contribution in [2.75, 3.05) is 13.1 Å². The Morgan fingerprint density at radius 1 is 1.12 bits per heavy atom. The fraction of sp³-hybridized carbons (Fsp3) is 0.200. The minimum atomic E-state index is 0.108. The van der Waals surface area contributed by atoms with Gasteiger partial charge in [0.15, 0.2) is 0 Å².